The van der Waals surface area contributed by atoms with E-state index in [4.69, 9.17) is 5.53 Å². The highest BCUT2D eigenvalue weighted by Crippen LogP contribution is 2.19. The maximum atomic E-state index is 12.4. The highest BCUT2D eigenvalue weighted by Gasteiger charge is 2.24. The maximum absolute atomic E-state index is 12.4. The van der Waals surface area contributed by atoms with Gasteiger partial charge in [-0.25, -0.2) is 0 Å². The Labute approximate surface area is 131 Å². The molecule has 0 aliphatic carbocycles. The minimum atomic E-state index is -0.476. The lowest BCUT2D eigenvalue weighted by atomic mass is 10.0. The Balaban J connectivity index is 2.31. The molecule has 4 nitrogen and oxygen atoms in total. The van der Waals surface area contributed by atoms with Gasteiger partial charge in [-0.15, -0.1) is 0 Å². The zero-order valence-electron chi connectivity index (χ0n) is 11.5. The van der Waals surface area contributed by atoms with Gasteiger partial charge < -0.3 is 10.8 Å². The van der Waals surface area contributed by atoms with E-state index >= 15 is 0 Å². The van der Waals surface area contributed by atoms with Crippen LogP contribution >= 0.6 is 15.9 Å². The Kier molecular flexibility index (Phi) is 5.04. The van der Waals surface area contributed by atoms with E-state index in [-0.39, 0.29) is 5.91 Å². The van der Waals surface area contributed by atoms with Crippen molar-refractivity contribution in [3.8, 4) is 0 Å². The van der Waals surface area contributed by atoms with Gasteiger partial charge in [-0.1, -0.05) is 42.5 Å². The molecule has 5 heteroatoms. The predicted octanol–water partition coefficient (Wildman–Crippen LogP) is 3.61. The van der Waals surface area contributed by atoms with Crippen molar-refractivity contribution in [1.29, 1.82) is 0 Å². The van der Waals surface area contributed by atoms with E-state index in [1.54, 1.807) is 25.1 Å². The molecule has 106 valence electrons. The van der Waals surface area contributed by atoms with Crippen LogP contribution in [0, 0.1) is 0 Å². The summed E-state index contributed by atoms with van der Waals surface area (Å²) >= 11 is 3.36. The summed E-state index contributed by atoms with van der Waals surface area (Å²) in [5.74, 6) is -0.237. The molecule has 2 rings (SSSR count). The molecule has 2 aromatic rings. The zero-order chi connectivity index (χ0) is 15.2. The summed E-state index contributed by atoms with van der Waals surface area (Å²) in [6.45, 7) is 1.66. The number of hydrogen-bond donors (Lipinski definition) is 1. The summed E-state index contributed by atoms with van der Waals surface area (Å²) in [5, 5.41) is 2.88. The lowest BCUT2D eigenvalue weighted by Crippen LogP contribution is -2.33. The molecule has 0 bridgehead atoms. The van der Waals surface area contributed by atoms with Gasteiger partial charge in [0, 0.05) is 11.4 Å². The van der Waals surface area contributed by atoms with Crippen LogP contribution in [-0.2, 0) is 0 Å². The molecule has 0 heterocycles. The highest BCUT2D eigenvalue weighted by molar-refractivity contribution is 9.10. The van der Waals surface area contributed by atoms with Crippen LogP contribution in [0.25, 0.3) is 5.53 Å². The first-order valence-electron chi connectivity index (χ1n) is 6.42. The quantitative estimate of drug-likeness (QED) is 0.514. The normalized spacial score (nSPS) is 11.3. The number of amides is 1. The molecule has 2 aromatic carbocycles. The SMILES string of the molecule is CC(=[N+]=[N-])C(NC(=O)c1ccccc1Br)c1ccccc1. The van der Waals surface area contributed by atoms with Crippen LogP contribution in [-0.4, -0.2) is 16.4 Å². The molecule has 0 aliphatic heterocycles. The second kappa shape index (κ2) is 6.97. The van der Waals surface area contributed by atoms with Gasteiger partial charge in [0.2, 0.25) is 0 Å². The lowest BCUT2D eigenvalue weighted by molar-refractivity contribution is -0.0116. The molecule has 1 unspecified atom stereocenters. The second-order valence-corrected chi connectivity index (χ2v) is 5.39. The molecule has 0 radical (unpaired) electrons. The summed E-state index contributed by atoms with van der Waals surface area (Å²) in [6.07, 6.45) is 0. The molecule has 0 saturated carbocycles. The number of halogens is 1. The van der Waals surface area contributed by atoms with Crippen LogP contribution in [0.4, 0.5) is 0 Å². The van der Waals surface area contributed by atoms with Crippen molar-refractivity contribution in [2.24, 2.45) is 0 Å². The topological polar surface area (TPSA) is 65.5 Å². The molecule has 1 amide bonds. The Morgan fingerprint density at radius 1 is 1.14 bits per heavy atom. The molecule has 0 aliphatic rings. The van der Waals surface area contributed by atoms with E-state index < -0.39 is 6.04 Å². The average Bonchev–Trinajstić information content (AvgIpc) is 2.53. The first-order chi connectivity index (χ1) is 10.1. The number of carbonyl (C=O) groups excluding carboxylic acids is 1. The minimum absolute atomic E-state index is 0.237. The van der Waals surface area contributed by atoms with Crippen molar-refractivity contribution < 1.29 is 9.58 Å². The van der Waals surface area contributed by atoms with Crippen molar-refractivity contribution in [2.45, 2.75) is 13.0 Å². The van der Waals surface area contributed by atoms with E-state index in [1.165, 1.54) is 0 Å². The molecule has 0 aromatic heterocycles. The first-order valence-corrected chi connectivity index (χ1v) is 7.21. The standard InChI is InChI=1S/C16H14BrN3O/c1-11(20-18)15(12-7-3-2-4-8-12)19-16(21)13-9-5-6-10-14(13)17/h2-10,15H,1H3,(H,19,21). The monoisotopic (exact) mass is 343 g/mol. The minimum Gasteiger partial charge on any atom is -0.362 e. The van der Waals surface area contributed by atoms with E-state index in [9.17, 15) is 4.79 Å². The second-order valence-electron chi connectivity index (χ2n) is 4.54. The van der Waals surface area contributed by atoms with Gasteiger partial charge in [0.15, 0.2) is 6.04 Å². The summed E-state index contributed by atoms with van der Waals surface area (Å²) < 4.78 is 0.716. The molecule has 0 fully saturated rings. The van der Waals surface area contributed by atoms with Crippen LogP contribution in [0.5, 0.6) is 0 Å². The summed E-state index contributed by atoms with van der Waals surface area (Å²) in [4.78, 5) is 15.6. The van der Waals surface area contributed by atoms with Crippen molar-refractivity contribution in [3.05, 3.63) is 75.7 Å². The van der Waals surface area contributed by atoms with Crippen LogP contribution in [0.2, 0.25) is 0 Å². The Hall–Kier alpha value is -2.23. The number of nitrogens with zero attached hydrogens (tertiary/aromatic N) is 2. The summed E-state index contributed by atoms with van der Waals surface area (Å²) in [7, 11) is 0. The van der Waals surface area contributed by atoms with Crippen molar-refractivity contribution in [2.75, 3.05) is 0 Å². The molecule has 1 atom stereocenters. The van der Waals surface area contributed by atoms with Gasteiger partial charge in [-0.2, -0.15) is 4.79 Å². The zero-order valence-corrected chi connectivity index (χ0v) is 13.0. The number of rotatable bonds is 4. The molecule has 1 N–H and O–H groups in total. The molecular formula is C16H14BrN3O. The molecular weight excluding hydrogens is 330 g/mol. The fraction of sp³-hybridized carbons (Fsp3) is 0.125. The molecule has 0 spiro atoms. The number of nitrogens with one attached hydrogen (secondary N) is 1. The maximum Gasteiger partial charge on any atom is 0.292 e. The fourth-order valence-corrected chi connectivity index (χ4v) is 2.45. The van der Waals surface area contributed by atoms with Gasteiger partial charge in [0.25, 0.3) is 11.6 Å². The van der Waals surface area contributed by atoms with Crippen molar-refractivity contribution in [1.82, 2.24) is 5.32 Å². The Bertz CT molecular complexity index is 694. The third kappa shape index (κ3) is 3.66. The van der Waals surface area contributed by atoms with Crippen molar-refractivity contribution >= 4 is 27.5 Å². The smallest absolute Gasteiger partial charge is 0.292 e. The number of carbonyl (C=O) groups is 1. The highest BCUT2D eigenvalue weighted by atomic mass is 79.9. The molecule has 0 saturated heterocycles. The van der Waals surface area contributed by atoms with E-state index in [1.807, 2.05) is 36.4 Å². The number of benzene rings is 2. The van der Waals surface area contributed by atoms with E-state index in [2.05, 4.69) is 26.0 Å². The average molecular weight is 344 g/mol. The Morgan fingerprint density at radius 2 is 1.76 bits per heavy atom. The number of hydrogen-bond acceptors (Lipinski definition) is 1. The summed E-state index contributed by atoms with van der Waals surface area (Å²) in [5.41, 5.74) is 10.8. The Morgan fingerprint density at radius 3 is 2.38 bits per heavy atom. The van der Waals surface area contributed by atoms with E-state index in [0.717, 1.165) is 5.56 Å². The third-order valence-corrected chi connectivity index (χ3v) is 3.79. The lowest BCUT2D eigenvalue weighted by Gasteiger charge is -2.14. The van der Waals surface area contributed by atoms with Gasteiger partial charge >= 0.3 is 0 Å². The van der Waals surface area contributed by atoms with Gasteiger partial charge in [0.05, 0.1) is 5.56 Å². The van der Waals surface area contributed by atoms with Gasteiger partial charge in [-0.05, 0) is 33.6 Å². The third-order valence-electron chi connectivity index (χ3n) is 3.10. The van der Waals surface area contributed by atoms with E-state index in [0.29, 0.717) is 15.7 Å². The molecule has 21 heavy (non-hydrogen) atoms. The van der Waals surface area contributed by atoms with Crippen LogP contribution < -0.4 is 5.32 Å². The van der Waals surface area contributed by atoms with Gasteiger partial charge in [0.1, 0.15) is 0 Å². The van der Waals surface area contributed by atoms with Crippen molar-refractivity contribution in [3.63, 3.8) is 0 Å². The largest absolute Gasteiger partial charge is 0.362 e. The van der Waals surface area contributed by atoms with Crippen LogP contribution in [0.3, 0.4) is 0 Å². The fourth-order valence-electron chi connectivity index (χ4n) is 1.99. The van der Waals surface area contributed by atoms with Crippen LogP contribution in [0.15, 0.2) is 59.1 Å². The van der Waals surface area contributed by atoms with Crippen LogP contribution in [0.1, 0.15) is 28.9 Å². The predicted molar refractivity (Wildman–Crippen MR) is 85.1 cm³/mol. The summed E-state index contributed by atoms with van der Waals surface area (Å²) in [6, 6.07) is 16.1. The first kappa shape index (κ1) is 15.2. The van der Waals surface area contributed by atoms with Gasteiger partial charge in [-0.3, -0.25) is 4.79 Å².